The van der Waals surface area contributed by atoms with Gasteiger partial charge in [0.25, 0.3) is 0 Å². The number of ether oxygens (including phenoxy) is 2. The van der Waals surface area contributed by atoms with Crippen molar-refractivity contribution in [3.63, 3.8) is 0 Å². The van der Waals surface area contributed by atoms with E-state index in [9.17, 15) is 19.5 Å². The zero-order chi connectivity index (χ0) is 23.8. The number of rotatable bonds is 7. The van der Waals surface area contributed by atoms with Gasteiger partial charge in [0.2, 0.25) is 5.91 Å². The molecule has 2 amide bonds. The second-order valence-corrected chi connectivity index (χ2v) is 9.24. The van der Waals surface area contributed by atoms with Crippen molar-refractivity contribution in [1.29, 1.82) is 0 Å². The van der Waals surface area contributed by atoms with Crippen molar-refractivity contribution >= 4 is 18.0 Å². The van der Waals surface area contributed by atoms with Gasteiger partial charge in [0.15, 0.2) is 0 Å². The number of hydrogen-bond donors (Lipinski definition) is 2. The molecule has 2 fully saturated rings. The Balaban J connectivity index is 1.21. The molecule has 3 unspecified atom stereocenters. The summed E-state index contributed by atoms with van der Waals surface area (Å²) in [6.45, 7) is 1.04. The first-order valence-corrected chi connectivity index (χ1v) is 11.6. The number of methoxy groups -OCH3 is 1. The van der Waals surface area contributed by atoms with Gasteiger partial charge < -0.3 is 24.8 Å². The summed E-state index contributed by atoms with van der Waals surface area (Å²) in [5, 5.41) is 12.0. The Labute approximate surface area is 197 Å². The van der Waals surface area contributed by atoms with Gasteiger partial charge in [0.1, 0.15) is 12.6 Å². The third-order valence-corrected chi connectivity index (χ3v) is 7.36. The molecule has 4 atom stereocenters. The Morgan fingerprint density at radius 2 is 1.71 bits per heavy atom. The van der Waals surface area contributed by atoms with Crippen molar-refractivity contribution < 1.29 is 29.0 Å². The second kappa shape index (κ2) is 9.10. The highest BCUT2D eigenvalue weighted by Gasteiger charge is 2.57. The summed E-state index contributed by atoms with van der Waals surface area (Å²) in [6, 6.07) is 15.3. The van der Waals surface area contributed by atoms with Crippen LogP contribution in [0.3, 0.4) is 0 Å². The number of carboxylic acid groups (broad SMARTS) is 1. The van der Waals surface area contributed by atoms with Gasteiger partial charge in [0, 0.05) is 26.1 Å². The number of aliphatic carboxylic acids is 1. The lowest BCUT2D eigenvalue weighted by Crippen LogP contribution is -2.52. The third-order valence-electron chi connectivity index (χ3n) is 7.36. The highest BCUT2D eigenvalue weighted by atomic mass is 16.5. The number of amides is 2. The van der Waals surface area contributed by atoms with E-state index in [-0.39, 0.29) is 42.8 Å². The molecule has 1 heterocycles. The van der Waals surface area contributed by atoms with Crippen LogP contribution >= 0.6 is 0 Å². The molecule has 178 valence electrons. The van der Waals surface area contributed by atoms with Crippen molar-refractivity contribution in [2.75, 3.05) is 33.4 Å². The SMILES string of the molecule is COC[C@H](NC(=O)OCC1c2ccccc2-c2ccccc21)C(=O)N1CCC2C(C1)C2C(=O)O. The van der Waals surface area contributed by atoms with Gasteiger partial charge in [-0.25, -0.2) is 4.79 Å². The number of carbonyl (C=O) groups is 3. The summed E-state index contributed by atoms with van der Waals surface area (Å²) in [5.41, 5.74) is 4.51. The van der Waals surface area contributed by atoms with Gasteiger partial charge >= 0.3 is 12.1 Å². The molecule has 2 aromatic rings. The van der Waals surface area contributed by atoms with Crippen LogP contribution in [-0.4, -0.2) is 67.4 Å². The Morgan fingerprint density at radius 1 is 1.06 bits per heavy atom. The van der Waals surface area contributed by atoms with Crippen LogP contribution in [0, 0.1) is 17.8 Å². The highest BCUT2D eigenvalue weighted by Crippen LogP contribution is 2.51. The smallest absolute Gasteiger partial charge is 0.407 e. The summed E-state index contributed by atoms with van der Waals surface area (Å²) in [7, 11) is 1.47. The molecule has 2 N–H and O–H groups in total. The Kier molecular flexibility index (Phi) is 6.00. The van der Waals surface area contributed by atoms with E-state index in [2.05, 4.69) is 17.4 Å². The first-order valence-electron chi connectivity index (χ1n) is 11.6. The van der Waals surface area contributed by atoms with Gasteiger partial charge in [-0.15, -0.1) is 0 Å². The van der Waals surface area contributed by atoms with Crippen LogP contribution in [0.4, 0.5) is 4.79 Å². The largest absolute Gasteiger partial charge is 0.481 e. The number of piperidine rings is 1. The maximum atomic E-state index is 13.1. The van der Waals surface area contributed by atoms with Crippen LogP contribution in [-0.2, 0) is 19.1 Å². The maximum absolute atomic E-state index is 13.1. The number of benzene rings is 2. The fourth-order valence-electron chi connectivity index (χ4n) is 5.65. The normalized spacial score (nSPS) is 23.3. The number of hydrogen-bond acceptors (Lipinski definition) is 5. The van der Waals surface area contributed by atoms with Gasteiger partial charge in [-0.2, -0.15) is 0 Å². The molecule has 0 aromatic heterocycles. The van der Waals surface area contributed by atoms with Crippen LogP contribution in [0.15, 0.2) is 48.5 Å². The Morgan fingerprint density at radius 3 is 2.32 bits per heavy atom. The minimum atomic E-state index is -0.890. The van der Waals surface area contributed by atoms with Gasteiger partial charge in [-0.05, 0) is 40.5 Å². The van der Waals surface area contributed by atoms with E-state index in [1.165, 1.54) is 7.11 Å². The van der Waals surface area contributed by atoms with Crippen molar-refractivity contribution in [3.05, 3.63) is 59.7 Å². The zero-order valence-electron chi connectivity index (χ0n) is 19.0. The van der Waals surface area contributed by atoms with E-state index >= 15 is 0 Å². The summed E-state index contributed by atoms with van der Waals surface area (Å²) in [5.74, 6) is -1.37. The highest BCUT2D eigenvalue weighted by molar-refractivity contribution is 5.86. The van der Waals surface area contributed by atoms with Crippen molar-refractivity contribution in [2.24, 2.45) is 17.8 Å². The van der Waals surface area contributed by atoms with E-state index in [1.807, 2.05) is 36.4 Å². The fourth-order valence-corrected chi connectivity index (χ4v) is 5.65. The topological polar surface area (TPSA) is 105 Å². The van der Waals surface area contributed by atoms with Crippen LogP contribution in [0.2, 0.25) is 0 Å². The average Bonchev–Trinajstić information content (AvgIpc) is 3.49. The summed E-state index contributed by atoms with van der Waals surface area (Å²) < 4.78 is 10.8. The average molecular weight is 465 g/mol. The molecule has 8 heteroatoms. The molecule has 1 saturated heterocycles. The second-order valence-electron chi connectivity index (χ2n) is 9.24. The van der Waals surface area contributed by atoms with Crippen LogP contribution in [0.5, 0.6) is 0 Å². The molecule has 34 heavy (non-hydrogen) atoms. The number of fused-ring (bicyclic) bond motifs is 4. The molecule has 8 nitrogen and oxygen atoms in total. The molecule has 1 aliphatic heterocycles. The Bertz CT molecular complexity index is 1070. The number of carboxylic acids is 1. The third kappa shape index (κ3) is 4.03. The van der Waals surface area contributed by atoms with Crippen molar-refractivity contribution in [2.45, 2.75) is 18.4 Å². The fraction of sp³-hybridized carbons (Fsp3) is 0.423. The van der Waals surface area contributed by atoms with E-state index in [4.69, 9.17) is 9.47 Å². The molecule has 0 bridgehead atoms. The summed E-state index contributed by atoms with van der Waals surface area (Å²) in [4.78, 5) is 38.7. The lowest BCUT2D eigenvalue weighted by Gasteiger charge is -2.30. The van der Waals surface area contributed by atoms with E-state index < -0.39 is 18.1 Å². The lowest BCUT2D eigenvalue weighted by molar-refractivity contribution is -0.139. The van der Waals surface area contributed by atoms with E-state index in [0.29, 0.717) is 19.5 Å². The zero-order valence-corrected chi connectivity index (χ0v) is 19.0. The van der Waals surface area contributed by atoms with Crippen LogP contribution in [0.25, 0.3) is 11.1 Å². The molecule has 3 aliphatic rings. The van der Waals surface area contributed by atoms with Gasteiger partial charge in [0.05, 0.1) is 12.5 Å². The standard InChI is InChI=1S/C26H28N2O6/c1-33-14-22(24(29)28-11-10-19-20(12-28)23(19)25(30)31)27-26(32)34-13-21-17-8-4-2-6-15(17)16-7-3-5-9-18(16)21/h2-9,19-23H,10-14H2,1H3,(H,27,32)(H,30,31)/t19?,20?,22-,23?/m0/s1. The first kappa shape index (κ1) is 22.4. The van der Waals surface area contributed by atoms with E-state index in [1.54, 1.807) is 4.90 Å². The molecule has 5 rings (SSSR count). The maximum Gasteiger partial charge on any atom is 0.407 e. The summed E-state index contributed by atoms with van der Waals surface area (Å²) >= 11 is 0. The van der Waals surface area contributed by atoms with Crippen LogP contribution in [0.1, 0.15) is 23.5 Å². The minimum Gasteiger partial charge on any atom is -0.481 e. The monoisotopic (exact) mass is 464 g/mol. The Hall–Kier alpha value is -3.39. The van der Waals surface area contributed by atoms with E-state index in [0.717, 1.165) is 22.3 Å². The predicted molar refractivity (Wildman–Crippen MR) is 123 cm³/mol. The number of carbonyl (C=O) groups excluding carboxylic acids is 2. The van der Waals surface area contributed by atoms with Crippen molar-refractivity contribution in [1.82, 2.24) is 10.2 Å². The number of nitrogens with one attached hydrogen (secondary N) is 1. The van der Waals surface area contributed by atoms with Gasteiger partial charge in [-0.3, -0.25) is 9.59 Å². The minimum absolute atomic E-state index is 0.00662. The molecule has 2 aliphatic carbocycles. The lowest BCUT2D eigenvalue weighted by atomic mass is 9.98. The summed E-state index contributed by atoms with van der Waals surface area (Å²) in [6.07, 6.45) is -0.0140. The molecular weight excluding hydrogens is 436 g/mol. The van der Waals surface area contributed by atoms with Crippen molar-refractivity contribution in [3.8, 4) is 11.1 Å². The molecule has 2 aromatic carbocycles. The first-order chi connectivity index (χ1) is 16.5. The molecular formula is C26H28N2O6. The molecule has 0 radical (unpaired) electrons. The molecule has 0 spiro atoms. The quantitative estimate of drug-likeness (QED) is 0.653. The van der Waals surface area contributed by atoms with Crippen LogP contribution < -0.4 is 5.32 Å². The number of alkyl carbamates (subject to hydrolysis) is 1. The molecule has 1 saturated carbocycles. The number of likely N-dealkylation sites (tertiary alicyclic amines) is 1. The number of nitrogens with zero attached hydrogens (tertiary/aromatic N) is 1. The van der Waals surface area contributed by atoms with Gasteiger partial charge in [-0.1, -0.05) is 48.5 Å². The predicted octanol–water partition coefficient (Wildman–Crippen LogP) is 2.72.